The number of hydrogen-bond acceptors (Lipinski definition) is 5. The average molecular weight is 402 g/mol. The lowest BCUT2D eigenvalue weighted by atomic mass is 10.2. The third kappa shape index (κ3) is 5.10. The van der Waals surface area contributed by atoms with Crippen LogP contribution in [0.3, 0.4) is 0 Å². The molecule has 0 saturated heterocycles. The van der Waals surface area contributed by atoms with Gasteiger partial charge in [0.1, 0.15) is 0 Å². The quantitative estimate of drug-likeness (QED) is 0.693. The topological polar surface area (TPSA) is 102 Å². The standard InChI is InChI=1S/C20H22N2O5S/c1-13-6-8-17(9-7-13)22-28(25,26)18-5-3-4-15(12-18)20(24)27-14(2)19(23)21-16-10-11-16/h3-9,12,14,16,22H,10-11H2,1-2H3,(H,21,23)/t14-/m1/s1. The Bertz CT molecular complexity index is 982. The minimum absolute atomic E-state index is 0.0536. The van der Waals surface area contributed by atoms with E-state index in [2.05, 4.69) is 10.0 Å². The van der Waals surface area contributed by atoms with E-state index in [1.807, 2.05) is 6.92 Å². The van der Waals surface area contributed by atoms with Gasteiger partial charge in [0.05, 0.1) is 10.5 Å². The number of hydrogen-bond donors (Lipinski definition) is 2. The molecule has 2 N–H and O–H groups in total. The summed E-state index contributed by atoms with van der Waals surface area (Å²) in [6.07, 6.45) is 0.902. The smallest absolute Gasteiger partial charge is 0.338 e. The predicted molar refractivity (Wildman–Crippen MR) is 104 cm³/mol. The lowest BCUT2D eigenvalue weighted by molar-refractivity contribution is -0.129. The van der Waals surface area contributed by atoms with Crippen LogP contribution in [0.15, 0.2) is 53.4 Å². The van der Waals surface area contributed by atoms with Crippen molar-refractivity contribution in [3.8, 4) is 0 Å². The van der Waals surface area contributed by atoms with Crippen molar-refractivity contribution < 1.29 is 22.7 Å². The van der Waals surface area contributed by atoms with Crippen molar-refractivity contribution in [2.75, 3.05) is 4.72 Å². The first-order chi connectivity index (χ1) is 13.2. The van der Waals surface area contributed by atoms with Crippen molar-refractivity contribution in [2.45, 2.75) is 43.7 Å². The maximum absolute atomic E-state index is 12.6. The first-order valence-electron chi connectivity index (χ1n) is 8.95. The highest BCUT2D eigenvalue weighted by atomic mass is 32.2. The zero-order chi connectivity index (χ0) is 20.3. The van der Waals surface area contributed by atoms with Crippen LogP contribution in [-0.4, -0.2) is 32.4 Å². The van der Waals surface area contributed by atoms with E-state index in [1.54, 1.807) is 24.3 Å². The summed E-state index contributed by atoms with van der Waals surface area (Å²) in [7, 11) is -3.87. The number of sulfonamides is 1. The summed E-state index contributed by atoms with van der Waals surface area (Å²) < 4.78 is 32.8. The molecule has 0 heterocycles. The number of benzene rings is 2. The third-order valence-electron chi connectivity index (χ3n) is 4.26. The van der Waals surface area contributed by atoms with Crippen molar-refractivity contribution in [3.05, 3.63) is 59.7 Å². The Morgan fingerprint density at radius 1 is 1.11 bits per heavy atom. The first-order valence-corrected chi connectivity index (χ1v) is 10.4. The molecule has 1 aliphatic carbocycles. The van der Waals surface area contributed by atoms with Crippen LogP contribution >= 0.6 is 0 Å². The van der Waals surface area contributed by atoms with Crippen molar-refractivity contribution in [2.24, 2.45) is 0 Å². The number of esters is 1. The highest BCUT2D eigenvalue weighted by molar-refractivity contribution is 7.92. The number of amides is 1. The number of anilines is 1. The maximum Gasteiger partial charge on any atom is 0.338 e. The number of rotatable bonds is 7. The lowest BCUT2D eigenvalue weighted by Crippen LogP contribution is -2.37. The highest BCUT2D eigenvalue weighted by Crippen LogP contribution is 2.20. The Morgan fingerprint density at radius 3 is 2.43 bits per heavy atom. The van der Waals surface area contributed by atoms with E-state index in [0.717, 1.165) is 18.4 Å². The number of nitrogens with one attached hydrogen (secondary N) is 2. The summed E-state index contributed by atoms with van der Waals surface area (Å²) in [4.78, 5) is 24.2. The summed E-state index contributed by atoms with van der Waals surface area (Å²) >= 11 is 0. The summed E-state index contributed by atoms with van der Waals surface area (Å²) in [6.45, 7) is 3.38. The molecule has 0 aliphatic heterocycles. The molecule has 1 fully saturated rings. The Hall–Kier alpha value is -2.87. The second-order valence-electron chi connectivity index (χ2n) is 6.83. The molecule has 0 unspecified atom stereocenters. The first kappa shape index (κ1) is 19.9. The van der Waals surface area contributed by atoms with E-state index in [0.29, 0.717) is 5.69 Å². The Labute approximate surface area is 164 Å². The van der Waals surface area contributed by atoms with E-state index in [1.165, 1.54) is 31.2 Å². The van der Waals surface area contributed by atoms with Crippen molar-refractivity contribution in [1.82, 2.24) is 5.32 Å². The number of aryl methyl sites for hydroxylation is 1. The van der Waals surface area contributed by atoms with Crippen LogP contribution in [0.1, 0.15) is 35.7 Å². The van der Waals surface area contributed by atoms with Crippen LogP contribution in [-0.2, 0) is 19.6 Å². The van der Waals surface area contributed by atoms with Crippen molar-refractivity contribution in [1.29, 1.82) is 0 Å². The predicted octanol–water partition coefficient (Wildman–Crippen LogP) is 2.62. The van der Waals surface area contributed by atoms with Crippen molar-refractivity contribution in [3.63, 3.8) is 0 Å². The second-order valence-corrected chi connectivity index (χ2v) is 8.51. The van der Waals surface area contributed by atoms with E-state index in [-0.39, 0.29) is 22.4 Å². The Balaban J connectivity index is 1.70. The van der Waals surface area contributed by atoms with Gasteiger partial charge in [0.15, 0.2) is 6.10 Å². The van der Waals surface area contributed by atoms with Gasteiger partial charge in [0.2, 0.25) is 0 Å². The molecule has 1 saturated carbocycles. The average Bonchev–Trinajstić information content (AvgIpc) is 3.47. The molecule has 2 aromatic rings. The molecule has 3 rings (SSSR count). The molecule has 1 amide bonds. The Morgan fingerprint density at radius 2 is 1.79 bits per heavy atom. The summed E-state index contributed by atoms with van der Waals surface area (Å²) in [6, 6.07) is 12.6. The number of carbonyl (C=O) groups is 2. The molecule has 28 heavy (non-hydrogen) atoms. The van der Waals surface area contributed by atoms with Crippen LogP contribution in [0, 0.1) is 6.92 Å². The Kier molecular flexibility index (Phi) is 5.69. The summed E-state index contributed by atoms with van der Waals surface area (Å²) in [5.74, 6) is -1.12. The lowest BCUT2D eigenvalue weighted by Gasteiger charge is -2.14. The van der Waals surface area contributed by atoms with Gasteiger partial charge in [0.25, 0.3) is 15.9 Å². The van der Waals surface area contributed by atoms with Crippen molar-refractivity contribution >= 4 is 27.6 Å². The maximum atomic E-state index is 12.6. The van der Waals surface area contributed by atoms with Crippen LogP contribution in [0.5, 0.6) is 0 Å². The molecule has 0 bridgehead atoms. The van der Waals surface area contributed by atoms with Crippen LogP contribution in [0.25, 0.3) is 0 Å². The molecule has 0 aromatic heterocycles. The normalized spacial score (nSPS) is 14.8. The minimum Gasteiger partial charge on any atom is -0.449 e. The molecule has 2 aromatic carbocycles. The van der Waals surface area contributed by atoms with Gasteiger partial charge < -0.3 is 10.1 Å². The molecule has 1 aliphatic rings. The van der Waals surface area contributed by atoms with Gasteiger partial charge in [-0.25, -0.2) is 13.2 Å². The second kappa shape index (κ2) is 8.02. The zero-order valence-corrected chi connectivity index (χ0v) is 16.5. The van der Waals surface area contributed by atoms with Gasteiger partial charge in [0, 0.05) is 11.7 Å². The SMILES string of the molecule is Cc1ccc(NS(=O)(=O)c2cccc(C(=O)O[C@H](C)C(=O)NC3CC3)c2)cc1. The van der Waals surface area contributed by atoms with Crippen LogP contribution < -0.4 is 10.0 Å². The highest BCUT2D eigenvalue weighted by Gasteiger charge is 2.27. The molecule has 148 valence electrons. The monoisotopic (exact) mass is 402 g/mol. The summed E-state index contributed by atoms with van der Waals surface area (Å²) in [5.41, 5.74) is 1.48. The molecule has 7 nitrogen and oxygen atoms in total. The van der Waals surface area contributed by atoms with Gasteiger partial charge in [-0.05, 0) is 57.0 Å². The minimum atomic E-state index is -3.87. The van der Waals surface area contributed by atoms with Crippen LogP contribution in [0.4, 0.5) is 5.69 Å². The fourth-order valence-corrected chi connectivity index (χ4v) is 3.56. The van der Waals surface area contributed by atoms with Gasteiger partial charge in [-0.1, -0.05) is 23.8 Å². The molecule has 1 atom stereocenters. The largest absolute Gasteiger partial charge is 0.449 e. The fraction of sp³-hybridized carbons (Fsp3) is 0.300. The van der Waals surface area contributed by atoms with Gasteiger partial charge in [-0.2, -0.15) is 0 Å². The van der Waals surface area contributed by atoms with Gasteiger partial charge in [-0.3, -0.25) is 9.52 Å². The molecule has 0 radical (unpaired) electrons. The molecular weight excluding hydrogens is 380 g/mol. The third-order valence-corrected chi connectivity index (χ3v) is 5.64. The van der Waals surface area contributed by atoms with Gasteiger partial charge >= 0.3 is 5.97 Å². The number of ether oxygens (including phenoxy) is 1. The van der Waals surface area contributed by atoms with E-state index >= 15 is 0 Å². The van der Waals surface area contributed by atoms with Gasteiger partial charge in [-0.15, -0.1) is 0 Å². The zero-order valence-electron chi connectivity index (χ0n) is 15.6. The number of carbonyl (C=O) groups excluding carboxylic acids is 2. The fourth-order valence-electron chi connectivity index (χ4n) is 2.45. The van der Waals surface area contributed by atoms with E-state index < -0.39 is 22.1 Å². The van der Waals surface area contributed by atoms with E-state index in [9.17, 15) is 18.0 Å². The molecular formula is C20H22N2O5S. The van der Waals surface area contributed by atoms with E-state index in [4.69, 9.17) is 4.74 Å². The van der Waals surface area contributed by atoms with Crippen LogP contribution in [0.2, 0.25) is 0 Å². The molecule has 0 spiro atoms. The summed E-state index contributed by atoms with van der Waals surface area (Å²) in [5, 5.41) is 2.76. The molecule has 8 heteroatoms.